The van der Waals surface area contributed by atoms with E-state index in [2.05, 4.69) is 0 Å². The first-order chi connectivity index (χ1) is 5.61. The third kappa shape index (κ3) is 2.92. The molecule has 3 N–H and O–H groups in total. The van der Waals surface area contributed by atoms with Crippen LogP contribution in [0.25, 0.3) is 0 Å². The zero-order chi connectivity index (χ0) is 10.9. The van der Waals surface area contributed by atoms with E-state index in [4.69, 9.17) is 14.8 Å². The molecule has 0 fully saturated rings. The van der Waals surface area contributed by atoms with Crippen molar-refractivity contribution in [3.63, 3.8) is 0 Å². The number of hydrogen-bond donors (Lipinski definition) is 3. The van der Waals surface area contributed by atoms with E-state index in [0.717, 1.165) is 0 Å². The number of rotatable bonds is 4. The fourth-order valence-corrected chi connectivity index (χ4v) is 1.39. The van der Waals surface area contributed by atoms with Gasteiger partial charge in [0.25, 0.3) is 0 Å². The number of carboxylic acid groups (broad SMARTS) is 2. The van der Waals surface area contributed by atoms with Crippen LogP contribution < -0.4 is 0 Å². The van der Waals surface area contributed by atoms with Gasteiger partial charge in [-0.3, -0.25) is 0 Å². The third-order valence-corrected chi connectivity index (χ3v) is 5.30. The summed E-state index contributed by atoms with van der Waals surface area (Å²) in [5.41, 5.74) is 0. The Labute approximate surface area is 90.9 Å². The van der Waals surface area contributed by atoms with Gasteiger partial charge in [-0.2, -0.15) is 0 Å². The van der Waals surface area contributed by atoms with Gasteiger partial charge in [-0.05, 0) is 0 Å². The van der Waals surface area contributed by atoms with Gasteiger partial charge in [0.05, 0.1) is 0 Å². The van der Waals surface area contributed by atoms with Gasteiger partial charge in [-0.1, -0.05) is 0 Å². The van der Waals surface area contributed by atoms with Crippen molar-refractivity contribution in [2.24, 2.45) is 0 Å². The van der Waals surface area contributed by atoms with Crippen LogP contribution >= 0.6 is 0 Å². The van der Waals surface area contributed by atoms with E-state index in [-0.39, 0.29) is 0 Å². The van der Waals surface area contributed by atoms with Crippen molar-refractivity contribution in [1.29, 1.82) is 0 Å². The van der Waals surface area contributed by atoms with E-state index in [1.807, 2.05) is 0 Å². The Balaban J connectivity index is 5.21. The topological polar surface area (TPSA) is 129 Å². The average molecular weight is 220 g/mol. The minimum absolute atomic E-state index is 0.509. The normalized spacial score (nSPS) is 16.2. The molecule has 0 aromatic rings. The summed E-state index contributed by atoms with van der Waals surface area (Å²) in [6.07, 6.45) is -1.13. The first-order valence-electron chi connectivity index (χ1n) is 3.03. The molecule has 0 aliphatic rings. The second-order valence-corrected chi connectivity index (χ2v) is 6.86. The van der Waals surface area contributed by atoms with E-state index in [0.29, 0.717) is 0 Å². The van der Waals surface area contributed by atoms with E-state index < -0.39 is 58.4 Å². The van der Waals surface area contributed by atoms with E-state index in [1.165, 1.54) is 0 Å². The van der Waals surface area contributed by atoms with Crippen molar-refractivity contribution in [2.75, 3.05) is 0 Å². The Morgan fingerprint density at radius 3 is 1.77 bits per heavy atom. The van der Waals surface area contributed by atoms with Gasteiger partial charge >= 0.3 is 91.2 Å². The van der Waals surface area contributed by atoms with Gasteiger partial charge in [0.15, 0.2) is 0 Å². The van der Waals surface area contributed by atoms with Crippen molar-refractivity contribution in [3.8, 4) is 0 Å². The van der Waals surface area contributed by atoms with Gasteiger partial charge < -0.3 is 0 Å². The summed E-state index contributed by atoms with van der Waals surface area (Å²) in [5.74, 6) is -3.43. The van der Waals surface area contributed by atoms with Gasteiger partial charge in [-0.25, -0.2) is 0 Å². The number of carboxylic acids is 2. The Kier molecular flexibility index (Phi) is 3.88. The zero-order valence-corrected chi connectivity index (χ0v) is 9.41. The molecule has 0 rings (SSSR count). The van der Waals surface area contributed by atoms with E-state index in [9.17, 15) is 18.0 Å². The van der Waals surface area contributed by atoms with Crippen LogP contribution in [-0.2, 0) is 19.7 Å². The Morgan fingerprint density at radius 2 is 1.69 bits per heavy atom. The zero-order valence-electron chi connectivity index (χ0n) is 6.59. The molecule has 0 heterocycles. The van der Waals surface area contributed by atoms with Crippen LogP contribution in [0.1, 0.15) is 6.42 Å². The molecule has 0 amide bonds. The summed E-state index contributed by atoms with van der Waals surface area (Å²) in [7, 11) is -4.88. The summed E-state index contributed by atoms with van der Waals surface area (Å²) in [6, 6.07) is 0. The van der Waals surface area contributed by atoms with Crippen molar-refractivity contribution in [3.05, 3.63) is 0 Å². The second-order valence-electron chi connectivity index (χ2n) is 2.58. The molecule has 0 bridgehead atoms. The summed E-state index contributed by atoms with van der Waals surface area (Å²) in [4.78, 5) is 20.6. The Hall–Kier alpha value is -0.150. The van der Waals surface area contributed by atoms with Crippen LogP contribution in [0.2, 0.25) is 0 Å². The predicted molar refractivity (Wildman–Crippen MR) is 39.9 cm³/mol. The SMILES string of the molecule is O=C(O)C[C]([Na])(C(=O)O)S(=O)(=O)O. The number of aliphatic carboxylic acids is 2. The van der Waals surface area contributed by atoms with Crippen molar-refractivity contribution in [1.82, 2.24) is 0 Å². The van der Waals surface area contributed by atoms with E-state index >= 15 is 0 Å². The van der Waals surface area contributed by atoms with Gasteiger partial charge in [0.2, 0.25) is 0 Å². The quantitative estimate of drug-likeness (QED) is 0.380. The molecule has 70 valence electrons. The van der Waals surface area contributed by atoms with Gasteiger partial charge in [0.1, 0.15) is 0 Å². The van der Waals surface area contributed by atoms with Crippen LogP contribution in [0, 0.1) is 0 Å². The second kappa shape index (κ2) is 3.93. The van der Waals surface area contributed by atoms with Crippen LogP contribution in [0.3, 0.4) is 0 Å². The predicted octanol–water partition coefficient (Wildman–Crippen LogP) is -1.70. The molecule has 0 aromatic carbocycles. The minimum atomic E-state index is -4.88. The maximum atomic E-state index is 10.6. The van der Waals surface area contributed by atoms with E-state index in [1.54, 1.807) is 0 Å². The van der Waals surface area contributed by atoms with Crippen LogP contribution in [0.4, 0.5) is 0 Å². The molecular formula is C4H5NaO7S. The molecule has 0 aliphatic carbocycles. The molecule has 0 saturated carbocycles. The van der Waals surface area contributed by atoms with Gasteiger partial charge in [-0.15, -0.1) is 0 Å². The van der Waals surface area contributed by atoms with Crippen molar-refractivity contribution < 1.29 is 32.8 Å². The van der Waals surface area contributed by atoms with Crippen LogP contribution in [0.15, 0.2) is 0 Å². The first-order valence-corrected chi connectivity index (χ1v) is 5.47. The first kappa shape index (κ1) is 12.8. The standard InChI is InChI=1S/C4H5O7S.Na/c5-3(6)1-2(4(7)8)12(9,10)11;/h1H2,(H,5,6)(H,7,8)(H,9,10,11);. The monoisotopic (exact) mass is 220 g/mol. The molecule has 0 saturated heterocycles. The Bertz CT molecular complexity index is 332. The molecule has 0 aliphatic heterocycles. The Morgan fingerprint density at radius 1 is 1.31 bits per heavy atom. The fourth-order valence-electron chi connectivity index (χ4n) is 0.566. The molecule has 1 unspecified atom stereocenters. The van der Waals surface area contributed by atoms with Crippen molar-refractivity contribution in [2.45, 2.75) is 8.42 Å². The molecule has 0 radical (unpaired) electrons. The van der Waals surface area contributed by atoms with Crippen LogP contribution in [0.5, 0.6) is 0 Å². The number of hydrogen-bond acceptors (Lipinski definition) is 4. The molecule has 7 nitrogen and oxygen atoms in total. The molecule has 13 heavy (non-hydrogen) atoms. The third-order valence-electron chi connectivity index (χ3n) is 1.51. The van der Waals surface area contributed by atoms with Crippen LogP contribution in [-0.4, -0.2) is 65.0 Å². The van der Waals surface area contributed by atoms with Gasteiger partial charge in [0, 0.05) is 0 Å². The average Bonchev–Trinajstić information content (AvgIpc) is 1.82. The molecular weight excluding hydrogens is 215 g/mol. The summed E-state index contributed by atoms with van der Waals surface area (Å²) < 4.78 is 27.1. The summed E-state index contributed by atoms with van der Waals surface area (Å²) in [6.45, 7) is 0. The summed E-state index contributed by atoms with van der Waals surface area (Å²) in [5, 5.41) is 16.7. The molecule has 9 heteroatoms. The molecule has 0 aromatic heterocycles. The summed E-state index contributed by atoms with van der Waals surface area (Å²) >= 11 is -0.509. The van der Waals surface area contributed by atoms with Crippen molar-refractivity contribution >= 4 is 50.0 Å². The fraction of sp³-hybridized carbons (Fsp3) is 0.500. The molecule has 1 atom stereocenters. The maximum absolute atomic E-state index is 10.6. The molecule has 0 spiro atoms. The number of carbonyl (C=O) groups is 2.